The fourth-order valence-electron chi connectivity index (χ4n) is 3.34. The van der Waals surface area contributed by atoms with Crippen molar-refractivity contribution in [2.75, 3.05) is 19.9 Å². The van der Waals surface area contributed by atoms with E-state index in [0.717, 1.165) is 25.9 Å². The number of nitrogens with one attached hydrogen (secondary N) is 1. The van der Waals surface area contributed by atoms with Crippen molar-refractivity contribution in [3.63, 3.8) is 0 Å². The van der Waals surface area contributed by atoms with E-state index in [9.17, 15) is 9.59 Å². The van der Waals surface area contributed by atoms with Crippen molar-refractivity contribution in [1.82, 2.24) is 15.2 Å². The zero-order valence-electron chi connectivity index (χ0n) is 15.9. The normalized spacial score (nSPS) is 17.4. The topological polar surface area (TPSA) is 93.9 Å². The van der Waals surface area contributed by atoms with E-state index in [1.807, 2.05) is 0 Å². The van der Waals surface area contributed by atoms with Crippen molar-refractivity contribution >= 4 is 11.8 Å². The molecule has 2 aliphatic rings. The fourth-order valence-corrected chi connectivity index (χ4v) is 3.34. The first-order valence-corrected chi connectivity index (χ1v) is 9.46. The molecule has 1 N–H and O–H groups in total. The number of carbonyl (C=O) groups is 2. The van der Waals surface area contributed by atoms with Gasteiger partial charge in [0.1, 0.15) is 12.3 Å². The summed E-state index contributed by atoms with van der Waals surface area (Å²) in [5.74, 6) is 1.68. The Hall–Kier alpha value is -3.03. The molecule has 2 aromatic rings. The number of rotatable bonds is 4. The van der Waals surface area contributed by atoms with Crippen LogP contribution in [0.3, 0.4) is 0 Å². The summed E-state index contributed by atoms with van der Waals surface area (Å²) in [7, 11) is 0. The summed E-state index contributed by atoms with van der Waals surface area (Å²) in [5, 5.41) is 2.82. The molecule has 0 unspecified atom stereocenters. The van der Waals surface area contributed by atoms with Crippen molar-refractivity contribution in [1.29, 1.82) is 0 Å². The Morgan fingerprint density at radius 2 is 1.96 bits per heavy atom. The molecule has 28 heavy (non-hydrogen) atoms. The molecule has 3 heterocycles. The van der Waals surface area contributed by atoms with Crippen LogP contribution >= 0.6 is 0 Å². The highest BCUT2D eigenvalue weighted by atomic mass is 16.7. The lowest BCUT2D eigenvalue weighted by atomic mass is 9.99. The van der Waals surface area contributed by atoms with Crippen LogP contribution in [0, 0.1) is 5.92 Å². The van der Waals surface area contributed by atoms with E-state index in [-0.39, 0.29) is 24.3 Å². The molecule has 4 rings (SSSR count). The smallest absolute Gasteiger partial charge is 0.275 e. The van der Waals surface area contributed by atoms with Crippen LogP contribution in [-0.2, 0) is 0 Å². The largest absolute Gasteiger partial charge is 0.454 e. The molecule has 1 aromatic carbocycles. The van der Waals surface area contributed by atoms with E-state index in [1.54, 1.807) is 30.0 Å². The molecule has 8 nitrogen and oxygen atoms in total. The summed E-state index contributed by atoms with van der Waals surface area (Å²) >= 11 is 0. The number of aromatic nitrogens is 1. The first kappa shape index (κ1) is 18.3. The molecular formula is C20H23N3O5. The van der Waals surface area contributed by atoms with Crippen LogP contribution in [0.25, 0.3) is 0 Å². The van der Waals surface area contributed by atoms with Crippen LogP contribution in [0.2, 0.25) is 0 Å². The highest BCUT2D eigenvalue weighted by Crippen LogP contribution is 2.32. The third-order valence-electron chi connectivity index (χ3n) is 5.16. The number of fused-ring (bicyclic) bond motifs is 1. The Bertz CT molecular complexity index is 886. The Morgan fingerprint density at radius 3 is 2.75 bits per heavy atom. The Kier molecular flexibility index (Phi) is 4.93. The number of hydrogen-bond acceptors (Lipinski definition) is 6. The molecule has 0 saturated carbocycles. The standard InChI is InChI=1S/C20H23N3O5/c1-12-5-7-23(8-6-12)20(25)15-10-26-19(22-15)13(2)21-18(24)14-3-4-16-17(9-14)28-11-27-16/h3-4,9-10,12-13H,5-8,11H2,1-2H3,(H,21,24)/t13-/m1/s1. The van der Waals surface area contributed by atoms with Gasteiger partial charge in [0, 0.05) is 18.7 Å². The lowest BCUT2D eigenvalue weighted by Gasteiger charge is -2.29. The first-order chi connectivity index (χ1) is 13.5. The van der Waals surface area contributed by atoms with Crippen molar-refractivity contribution in [2.45, 2.75) is 32.7 Å². The van der Waals surface area contributed by atoms with E-state index in [2.05, 4.69) is 17.2 Å². The van der Waals surface area contributed by atoms with Gasteiger partial charge in [-0.05, 0) is 43.9 Å². The maximum absolute atomic E-state index is 12.6. The van der Waals surface area contributed by atoms with E-state index in [0.29, 0.717) is 28.9 Å². The second kappa shape index (κ2) is 7.53. The molecule has 0 aliphatic carbocycles. The zero-order chi connectivity index (χ0) is 19.7. The fraction of sp³-hybridized carbons (Fsp3) is 0.450. The molecule has 1 fully saturated rings. The lowest BCUT2D eigenvalue weighted by molar-refractivity contribution is 0.0691. The third kappa shape index (κ3) is 3.67. The Morgan fingerprint density at radius 1 is 1.21 bits per heavy atom. The summed E-state index contributed by atoms with van der Waals surface area (Å²) in [6.07, 6.45) is 3.36. The van der Waals surface area contributed by atoms with Crippen molar-refractivity contribution in [3.8, 4) is 11.5 Å². The van der Waals surface area contributed by atoms with Crippen LogP contribution in [0.1, 0.15) is 59.5 Å². The second-order valence-corrected chi connectivity index (χ2v) is 7.31. The second-order valence-electron chi connectivity index (χ2n) is 7.31. The van der Waals surface area contributed by atoms with Gasteiger partial charge in [0.25, 0.3) is 11.8 Å². The first-order valence-electron chi connectivity index (χ1n) is 9.46. The number of ether oxygens (including phenoxy) is 2. The van der Waals surface area contributed by atoms with Gasteiger partial charge in [0.2, 0.25) is 12.7 Å². The number of likely N-dealkylation sites (tertiary alicyclic amines) is 1. The summed E-state index contributed by atoms with van der Waals surface area (Å²) in [4.78, 5) is 31.2. The van der Waals surface area contributed by atoms with E-state index in [1.165, 1.54) is 6.26 Å². The van der Waals surface area contributed by atoms with Crippen molar-refractivity contribution in [2.24, 2.45) is 5.92 Å². The van der Waals surface area contributed by atoms with Crippen molar-refractivity contribution < 1.29 is 23.5 Å². The van der Waals surface area contributed by atoms with Gasteiger partial charge in [-0.15, -0.1) is 0 Å². The summed E-state index contributed by atoms with van der Waals surface area (Å²) in [5.41, 5.74) is 0.718. The average molecular weight is 385 g/mol. The molecule has 2 aliphatic heterocycles. The van der Waals surface area contributed by atoms with Gasteiger partial charge in [0.15, 0.2) is 17.2 Å². The maximum Gasteiger partial charge on any atom is 0.275 e. The average Bonchev–Trinajstić information content (AvgIpc) is 3.37. The lowest BCUT2D eigenvalue weighted by Crippen LogP contribution is -2.38. The van der Waals surface area contributed by atoms with Crippen LogP contribution < -0.4 is 14.8 Å². The van der Waals surface area contributed by atoms with Gasteiger partial charge in [-0.1, -0.05) is 6.92 Å². The minimum absolute atomic E-state index is 0.129. The van der Waals surface area contributed by atoms with E-state index >= 15 is 0 Å². The number of carbonyl (C=O) groups excluding carboxylic acids is 2. The number of nitrogens with zero attached hydrogens (tertiary/aromatic N) is 2. The van der Waals surface area contributed by atoms with Crippen molar-refractivity contribution in [3.05, 3.63) is 41.6 Å². The molecule has 8 heteroatoms. The van der Waals surface area contributed by atoms with E-state index < -0.39 is 6.04 Å². The Balaban J connectivity index is 1.39. The number of amides is 2. The van der Waals surface area contributed by atoms with Crippen LogP contribution in [0.15, 0.2) is 28.9 Å². The molecule has 0 radical (unpaired) electrons. The molecule has 2 amide bonds. The SMILES string of the molecule is CC1CCN(C(=O)c2coc([C@@H](C)NC(=O)c3ccc4c(c3)OCO4)n2)CC1. The van der Waals surface area contributed by atoms with Gasteiger partial charge in [-0.3, -0.25) is 9.59 Å². The molecule has 0 spiro atoms. The highest BCUT2D eigenvalue weighted by Gasteiger charge is 2.25. The predicted molar refractivity (Wildman–Crippen MR) is 99.3 cm³/mol. The predicted octanol–water partition coefficient (Wildman–Crippen LogP) is 2.77. The van der Waals surface area contributed by atoms with Gasteiger partial charge in [-0.2, -0.15) is 0 Å². The summed E-state index contributed by atoms with van der Waals surface area (Å²) < 4.78 is 16.0. The van der Waals surface area contributed by atoms with Crippen LogP contribution in [-0.4, -0.2) is 41.6 Å². The van der Waals surface area contributed by atoms with Crippen LogP contribution in [0.5, 0.6) is 11.5 Å². The number of hydrogen-bond donors (Lipinski definition) is 1. The third-order valence-corrected chi connectivity index (χ3v) is 5.16. The monoisotopic (exact) mass is 385 g/mol. The highest BCUT2D eigenvalue weighted by molar-refractivity contribution is 5.95. The molecule has 148 valence electrons. The molecule has 1 aromatic heterocycles. The number of piperidine rings is 1. The zero-order valence-corrected chi connectivity index (χ0v) is 15.9. The van der Waals surface area contributed by atoms with E-state index in [4.69, 9.17) is 13.9 Å². The van der Waals surface area contributed by atoms with Gasteiger partial charge < -0.3 is 24.1 Å². The number of oxazole rings is 1. The van der Waals surface area contributed by atoms with Gasteiger partial charge in [0.05, 0.1) is 0 Å². The quantitative estimate of drug-likeness (QED) is 0.870. The molecule has 0 bridgehead atoms. The molecule has 1 saturated heterocycles. The minimum Gasteiger partial charge on any atom is -0.454 e. The van der Waals surface area contributed by atoms with Gasteiger partial charge in [-0.25, -0.2) is 4.98 Å². The van der Waals surface area contributed by atoms with Gasteiger partial charge >= 0.3 is 0 Å². The molecular weight excluding hydrogens is 362 g/mol. The maximum atomic E-state index is 12.6. The summed E-state index contributed by atoms with van der Waals surface area (Å²) in [6.45, 7) is 5.57. The minimum atomic E-state index is -0.485. The molecule has 1 atom stereocenters. The van der Waals surface area contributed by atoms with Crippen LogP contribution in [0.4, 0.5) is 0 Å². The Labute approximate surface area is 162 Å². The summed E-state index contributed by atoms with van der Waals surface area (Å²) in [6, 6.07) is 4.51. The number of benzene rings is 1.